The highest BCUT2D eigenvalue weighted by Gasteiger charge is 2.30. The molecule has 1 aromatic heterocycles. The predicted octanol–water partition coefficient (Wildman–Crippen LogP) is 3.14. The van der Waals surface area contributed by atoms with Gasteiger partial charge in [0.1, 0.15) is 0 Å². The minimum absolute atomic E-state index is 0.133. The molecule has 1 aromatic carbocycles. The number of nitrogens with zero attached hydrogens (tertiary/aromatic N) is 1. The van der Waals surface area contributed by atoms with E-state index in [0.717, 1.165) is 34.9 Å². The Morgan fingerprint density at radius 3 is 2.88 bits per heavy atom. The lowest BCUT2D eigenvalue weighted by Gasteiger charge is -2.13. The van der Waals surface area contributed by atoms with Crippen LogP contribution in [-0.2, 0) is 4.65 Å². The first kappa shape index (κ1) is 16.8. The van der Waals surface area contributed by atoms with Crippen molar-refractivity contribution in [3.05, 3.63) is 42.1 Å². The van der Waals surface area contributed by atoms with Gasteiger partial charge in [-0.25, -0.2) is 0 Å². The monoisotopic (exact) mass is 327 g/mol. The third-order valence-corrected chi connectivity index (χ3v) is 4.09. The molecule has 0 saturated carbocycles. The van der Waals surface area contributed by atoms with Crippen LogP contribution < -0.4 is 9.47 Å². The van der Waals surface area contributed by atoms with E-state index in [1.54, 1.807) is 7.11 Å². The molecule has 2 heterocycles. The SMILES string of the molecule is CCCOc1cc(-c2cccc([C@@H]3COB(O)C3)n2)ccc1OC. The fourth-order valence-corrected chi connectivity index (χ4v) is 2.81. The highest BCUT2D eigenvalue weighted by atomic mass is 16.5. The van der Waals surface area contributed by atoms with Crippen LogP contribution in [0.3, 0.4) is 0 Å². The zero-order chi connectivity index (χ0) is 16.9. The standard InChI is InChI=1S/C18H22BNO4/c1-3-9-23-18-10-13(7-8-17(18)22-2)15-5-4-6-16(20-15)14-11-19(21)24-12-14/h4-8,10,14,21H,3,9,11-12H2,1-2H3/t14-/m0/s1. The lowest BCUT2D eigenvalue weighted by atomic mass is 9.81. The van der Waals surface area contributed by atoms with Crippen LogP contribution in [0.1, 0.15) is 25.0 Å². The van der Waals surface area contributed by atoms with Crippen LogP contribution in [0.15, 0.2) is 36.4 Å². The molecule has 0 spiro atoms. The molecular weight excluding hydrogens is 305 g/mol. The van der Waals surface area contributed by atoms with Gasteiger partial charge in [-0.15, -0.1) is 0 Å². The van der Waals surface area contributed by atoms with E-state index in [0.29, 0.717) is 19.5 Å². The van der Waals surface area contributed by atoms with Gasteiger partial charge in [-0.2, -0.15) is 0 Å². The van der Waals surface area contributed by atoms with Crippen LogP contribution in [0, 0.1) is 0 Å². The number of aromatic nitrogens is 1. The summed E-state index contributed by atoms with van der Waals surface area (Å²) in [5, 5.41) is 9.54. The first-order valence-electron chi connectivity index (χ1n) is 8.29. The van der Waals surface area contributed by atoms with E-state index >= 15 is 0 Å². The normalized spacial score (nSPS) is 17.1. The van der Waals surface area contributed by atoms with Crippen molar-refractivity contribution in [1.29, 1.82) is 0 Å². The van der Waals surface area contributed by atoms with E-state index in [9.17, 15) is 5.02 Å². The Balaban J connectivity index is 1.88. The summed E-state index contributed by atoms with van der Waals surface area (Å²) in [5.74, 6) is 1.58. The molecular formula is C18H22BNO4. The number of hydrogen-bond donors (Lipinski definition) is 1. The maximum Gasteiger partial charge on any atom is 0.454 e. The summed E-state index contributed by atoms with van der Waals surface area (Å²) in [7, 11) is 0.952. The van der Waals surface area contributed by atoms with Crippen molar-refractivity contribution in [2.24, 2.45) is 0 Å². The van der Waals surface area contributed by atoms with Gasteiger partial charge in [0.15, 0.2) is 11.5 Å². The van der Waals surface area contributed by atoms with Gasteiger partial charge >= 0.3 is 7.12 Å². The lowest BCUT2D eigenvalue weighted by Crippen LogP contribution is -2.08. The molecule has 0 unspecified atom stereocenters. The minimum atomic E-state index is -0.685. The summed E-state index contributed by atoms with van der Waals surface area (Å²) >= 11 is 0. The maximum absolute atomic E-state index is 9.54. The van der Waals surface area contributed by atoms with Gasteiger partial charge in [-0.1, -0.05) is 13.0 Å². The van der Waals surface area contributed by atoms with E-state index < -0.39 is 7.12 Å². The molecule has 0 amide bonds. The molecule has 5 nitrogen and oxygen atoms in total. The first-order chi connectivity index (χ1) is 11.7. The number of hydrogen-bond acceptors (Lipinski definition) is 5. The Kier molecular flexibility index (Phi) is 5.38. The highest BCUT2D eigenvalue weighted by molar-refractivity contribution is 6.43. The van der Waals surface area contributed by atoms with Crippen LogP contribution in [0.4, 0.5) is 0 Å². The van der Waals surface area contributed by atoms with E-state index in [1.807, 2.05) is 36.4 Å². The Hall–Kier alpha value is -2.05. The summed E-state index contributed by atoms with van der Waals surface area (Å²) in [6, 6.07) is 11.8. The molecule has 1 aliphatic rings. The van der Waals surface area contributed by atoms with E-state index in [4.69, 9.17) is 19.1 Å². The molecule has 2 aromatic rings. The van der Waals surface area contributed by atoms with E-state index in [-0.39, 0.29) is 5.92 Å². The molecule has 1 aliphatic heterocycles. The summed E-state index contributed by atoms with van der Waals surface area (Å²) in [4.78, 5) is 4.75. The van der Waals surface area contributed by atoms with Crippen molar-refractivity contribution in [3.63, 3.8) is 0 Å². The van der Waals surface area contributed by atoms with Gasteiger partial charge in [-0.05, 0) is 43.1 Å². The zero-order valence-corrected chi connectivity index (χ0v) is 14.1. The second-order valence-corrected chi connectivity index (χ2v) is 5.88. The molecule has 126 valence electrons. The maximum atomic E-state index is 9.54. The summed E-state index contributed by atoms with van der Waals surface area (Å²) in [5.41, 5.74) is 2.79. The average Bonchev–Trinajstić information content (AvgIpc) is 3.06. The van der Waals surface area contributed by atoms with E-state index in [1.165, 1.54) is 0 Å². The van der Waals surface area contributed by atoms with Crippen molar-refractivity contribution in [1.82, 2.24) is 4.98 Å². The zero-order valence-electron chi connectivity index (χ0n) is 14.1. The minimum Gasteiger partial charge on any atom is -0.493 e. The van der Waals surface area contributed by atoms with Gasteiger partial charge in [-0.3, -0.25) is 4.98 Å². The van der Waals surface area contributed by atoms with Gasteiger partial charge < -0.3 is 19.2 Å². The fraction of sp³-hybridized carbons (Fsp3) is 0.389. The molecule has 1 saturated heterocycles. The van der Waals surface area contributed by atoms with Crippen LogP contribution in [0.2, 0.25) is 6.32 Å². The average molecular weight is 327 g/mol. The molecule has 24 heavy (non-hydrogen) atoms. The molecule has 3 rings (SSSR count). The van der Waals surface area contributed by atoms with Crippen LogP contribution >= 0.6 is 0 Å². The number of methoxy groups -OCH3 is 1. The summed E-state index contributed by atoms with van der Waals surface area (Å²) in [6.45, 7) is 3.22. The fourth-order valence-electron chi connectivity index (χ4n) is 2.81. The Morgan fingerprint density at radius 1 is 1.29 bits per heavy atom. The smallest absolute Gasteiger partial charge is 0.454 e. The second kappa shape index (κ2) is 7.68. The third kappa shape index (κ3) is 3.71. The van der Waals surface area contributed by atoms with Gasteiger partial charge in [0.25, 0.3) is 0 Å². The third-order valence-electron chi connectivity index (χ3n) is 4.09. The summed E-state index contributed by atoms with van der Waals surface area (Å²) < 4.78 is 16.4. The predicted molar refractivity (Wildman–Crippen MR) is 93.5 cm³/mol. The molecule has 0 aliphatic carbocycles. The molecule has 1 atom stereocenters. The van der Waals surface area contributed by atoms with Crippen molar-refractivity contribution in [2.75, 3.05) is 20.3 Å². The Morgan fingerprint density at radius 2 is 2.17 bits per heavy atom. The number of rotatable bonds is 6. The Bertz CT molecular complexity index is 694. The summed E-state index contributed by atoms with van der Waals surface area (Å²) in [6.07, 6.45) is 1.52. The second-order valence-electron chi connectivity index (χ2n) is 5.88. The largest absolute Gasteiger partial charge is 0.493 e. The topological polar surface area (TPSA) is 60.8 Å². The van der Waals surface area contributed by atoms with Crippen molar-refractivity contribution in [3.8, 4) is 22.8 Å². The van der Waals surface area contributed by atoms with Crippen molar-refractivity contribution in [2.45, 2.75) is 25.6 Å². The number of benzene rings is 1. The van der Waals surface area contributed by atoms with Crippen molar-refractivity contribution >= 4 is 7.12 Å². The Labute approximate surface area is 142 Å². The molecule has 6 heteroatoms. The quantitative estimate of drug-likeness (QED) is 0.826. The van der Waals surface area contributed by atoms with Crippen LogP contribution in [-0.4, -0.2) is 37.4 Å². The lowest BCUT2D eigenvalue weighted by molar-refractivity contribution is 0.291. The van der Waals surface area contributed by atoms with E-state index in [2.05, 4.69) is 6.92 Å². The van der Waals surface area contributed by atoms with Crippen molar-refractivity contribution < 1.29 is 19.2 Å². The highest BCUT2D eigenvalue weighted by Crippen LogP contribution is 2.33. The molecule has 0 radical (unpaired) electrons. The van der Waals surface area contributed by atoms with Gasteiger partial charge in [0, 0.05) is 23.8 Å². The molecule has 1 fully saturated rings. The number of pyridine rings is 1. The first-order valence-corrected chi connectivity index (χ1v) is 8.29. The van der Waals surface area contributed by atoms with Crippen LogP contribution in [0.5, 0.6) is 11.5 Å². The number of ether oxygens (including phenoxy) is 2. The molecule has 1 N–H and O–H groups in total. The molecule has 0 bridgehead atoms. The van der Waals surface area contributed by atoms with Gasteiger partial charge in [0.2, 0.25) is 0 Å². The van der Waals surface area contributed by atoms with Crippen LogP contribution in [0.25, 0.3) is 11.3 Å². The van der Waals surface area contributed by atoms with Gasteiger partial charge in [0.05, 0.1) is 19.4 Å².